The smallest absolute Gasteiger partial charge is 0.341 e. The fraction of sp³-hybridized carbons (Fsp3) is 0.333. The van der Waals surface area contributed by atoms with Gasteiger partial charge in [0.1, 0.15) is 17.7 Å². The van der Waals surface area contributed by atoms with Gasteiger partial charge < -0.3 is 14.6 Å². The molecule has 7 heteroatoms. The van der Waals surface area contributed by atoms with Crippen LogP contribution in [0.4, 0.5) is 5.82 Å². The molecule has 0 saturated carbocycles. The Morgan fingerprint density at radius 2 is 2.32 bits per heavy atom. The zero-order valence-electron chi connectivity index (χ0n) is 11.0. The second-order valence-corrected chi connectivity index (χ2v) is 4.06. The van der Waals surface area contributed by atoms with Crippen LogP contribution in [0.25, 0.3) is 0 Å². The number of nitrogens with zero attached hydrogens (tertiary/aromatic N) is 4. The molecule has 100 valence electrons. The predicted molar refractivity (Wildman–Crippen MR) is 68.6 cm³/mol. The molecule has 1 N–H and O–H groups in total. The van der Waals surface area contributed by atoms with Crippen molar-refractivity contribution in [3.63, 3.8) is 0 Å². The van der Waals surface area contributed by atoms with Crippen LogP contribution in [0.1, 0.15) is 29.1 Å². The number of carbonyl (C=O) groups is 1. The van der Waals surface area contributed by atoms with Gasteiger partial charge in [-0.1, -0.05) is 0 Å². The van der Waals surface area contributed by atoms with E-state index in [1.807, 2.05) is 14.0 Å². The van der Waals surface area contributed by atoms with Gasteiger partial charge in [0.2, 0.25) is 0 Å². The van der Waals surface area contributed by atoms with E-state index >= 15 is 0 Å². The van der Waals surface area contributed by atoms with E-state index in [-0.39, 0.29) is 6.04 Å². The average molecular weight is 261 g/mol. The lowest BCUT2D eigenvalue weighted by molar-refractivity contribution is 0.0601. The van der Waals surface area contributed by atoms with E-state index in [0.717, 1.165) is 5.82 Å². The molecule has 19 heavy (non-hydrogen) atoms. The van der Waals surface area contributed by atoms with Gasteiger partial charge in [0.25, 0.3) is 0 Å². The van der Waals surface area contributed by atoms with E-state index in [0.29, 0.717) is 11.4 Å². The molecular formula is C12H15N5O2. The van der Waals surface area contributed by atoms with Gasteiger partial charge >= 0.3 is 5.97 Å². The van der Waals surface area contributed by atoms with Crippen molar-refractivity contribution < 1.29 is 9.53 Å². The summed E-state index contributed by atoms with van der Waals surface area (Å²) in [5, 5.41) is 11.0. The summed E-state index contributed by atoms with van der Waals surface area (Å²) in [6.45, 7) is 1.92. The molecule has 2 rings (SSSR count). The second kappa shape index (κ2) is 5.47. The first kappa shape index (κ1) is 13.0. The Morgan fingerprint density at radius 3 is 2.95 bits per heavy atom. The Bertz CT molecular complexity index is 581. The lowest BCUT2D eigenvalue weighted by Crippen LogP contribution is -2.16. The van der Waals surface area contributed by atoms with Gasteiger partial charge in [-0.05, 0) is 19.1 Å². The maximum absolute atomic E-state index is 11.6. The Morgan fingerprint density at radius 1 is 1.53 bits per heavy atom. The van der Waals surface area contributed by atoms with Gasteiger partial charge in [0, 0.05) is 13.2 Å². The topological polar surface area (TPSA) is 81.9 Å². The largest absolute Gasteiger partial charge is 0.465 e. The molecular weight excluding hydrogens is 246 g/mol. The second-order valence-electron chi connectivity index (χ2n) is 4.06. The predicted octanol–water partition coefficient (Wildman–Crippen LogP) is 1.17. The van der Waals surface area contributed by atoms with Gasteiger partial charge in [-0.3, -0.25) is 0 Å². The fourth-order valence-corrected chi connectivity index (χ4v) is 1.75. The minimum atomic E-state index is -0.430. The number of hydrogen-bond donors (Lipinski definition) is 1. The highest BCUT2D eigenvalue weighted by atomic mass is 16.5. The van der Waals surface area contributed by atoms with E-state index in [1.54, 1.807) is 29.2 Å². The van der Waals surface area contributed by atoms with Crippen molar-refractivity contribution >= 4 is 11.8 Å². The molecule has 0 aliphatic rings. The van der Waals surface area contributed by atoms with E-state index < -0.39 is 5.97 Å². The highest BCUT2D eigenvalue weighted by Gasteiger charge is 2.17. The molecule has 0 aliphatic heterocycles. The molecule has 2 aromatic heterocycles. The number of nitrogens with one attached hydrogen (secondary N) is 1. The van der Waals surface area contributed by atoms with Crippen LogP contribution in [0.2, 0.25) is 0 Å². The van der Waals surface area contributed by atoms with Crippen LogP contribution < -0.4 is 5.32 Å². The minimum absolute atomic E-state index is 0.134. The maximum atomic E-state index is 11.6. The summed E-state index contributed by atoms with van der Waals surface area (Å²) < 4.78 is 6.52. The van der Waals surface area contributed by atoms with Crippen molar-refractivity contribution in [2.75, 3.05) is 12.4 Å². The highest BCUT2D eigenvalue weighted by molar-refractivity contribution is 5.94. The van der Waals surface area contributed by atoms with E-state index in [9.17, 15) is 4.79 Å². The zero-order chi connectivity index (χ0) is 13.8. The Hall–Kier alpha value is -2.44. The monoisotopic (exact) mass is 261 g/mol. The number of ether oxygens (including phenoxy) is 1. The molecule has 2 aromatic rings. The summed E-state index contributed by atoms with van der Waals surface area (Å²) in [5.74, 6) is 0.784. The summed E-state index contributed by atoms with van der Waals surface area (Å²) in [7, 11) is 3.19. The van der Waals surface area contributed by atoms with E-state index in [2.05, 4.69) is 20.5 Å². The molecule has 0 aliphatic carbocycles. The Balaban J connectivity index is 2.24. The first-order valence-electron chi connectivity index (χ1n) is 5.77. The van der Waals surface area contributed by atoms with Crippen molar-refractivity contribution in [3.8, 4) is 0 Å². The molecule has 0 bridgehead atoms. The third-order valence-electron chi connectivity index (χ3n) is 2.70. The molecule has 1 atom stereocenters. The highest BCUT2D eigenvalue weighted by Crippen LogP contribution is 2.19. The number of hydrogen-bond acceptors (Lipinski definition) is 6. The van der Waals surface area contributed by atoms with E-state index in [1.165, 1.54) is 7.11 Å². The van der Waals surface area contributed by atoms with Crippen molar-refractivity contribution in [1.82, 2.24) is 19.7 Å². The zero-order valence-corrected chi connectivity index (χ0v) is 11.0. The summed E-state index contributed by atoms with van der Waals surface area (Å²) in [6, 6.07) is 3.21. The van der Waals surface area contributed by atoms with Crippen molar-refractivity contribution in [3.05, 3.63) is 36.0 Å². The van der Waals surface area contributed by atoms with Crippen LogP contribution in [0.5, 0.6) is 0 Å². The number of methoxy groups -OCH3 is 1. The van der Waals surface area contributed by atoms with Crippen molar-refractivity contribution in [1.29, 1.82) is 0 Å². The van der Waals surface area contributed by atoms with Gasteiger partial charge in [-0.25, -0.2) is 9.78 Å². The van der Waals surface area contributed by atoms with Gasteiger partial charge in [-0.15, -0.1) is 10.2 Å². The fourth-order valence-electron chi connectivity index (χ4n) is 1.75. The number of pyridine rings is 1. The van der Waals surface area contributed by atoms with Crippen LogP contribution in [0, 0.1) is 0 Å². The lowest BCUT2D eigenvalue weighted by Gasteiger charge is -2.15. The first-order chi connectivity index (χ1) is 9.13. The average Bonchev–Trinajstić information content (AvgIpc) is 2.85. The normalized spacial score (nSPS) is 11.9. The standard InChI is InChI=1S/C12H15N5O2/c1-8(11-16-14-7-17(11)2)15-10-9(12(18)19-3)5-4-6-13-10/h4-8H,1-3H3,(H,13,15). The van der Waals surface area contributed by atoms with Gasteiger partial charge in [0.15, 0.2) is 5.82 Å². The number of esters is 1. The Kier molecular flexibility index (Phi) is 3.74. The van der Waals surface area contributed by atoms with Crippen LogP contribution in [-0.2, 0) is 11.8 Å². The van der Waals surface area contributed by atoms with E-state index in [4.69, 9.17) is 4.74 Å². The maximum Gasteiger partial charge on any atom is 0.341 e. The van der Waals surface area contributed by atoms with Crippen LogP contribution in [0.3, 0.4) is 0 Å². The molecule has 0 spiro atoms. The van der Waals surface area contributed by atoms with Crippen LogP contribution in [-0.4, -0.2) is 32.8 Å². The lowest BCUT2D eigenvalue weighted by atomic mass is 10.2. The Labute approximate surface area is 110 Å². The molecule has 2 heterocycles. The summed E-state index contributed by atoms with van der Waals surface area (Å²) in [5.41, 5.74) is 0.388. The van der Waals surface area contributed by atoms with Crippen molar-refractivity contribution in [2.24, 2.45) is 7.05 Å². The number of aryl methyl sites for hydroxylation is 1. The molecule has 7 nitrogen and oxygen atoms in total. The number of carbonyl (C=O) groups excluding carboxylic acids is 1. The quantitative estimate of drug-likeness (QED) is 0.832. The van der Waals surface area contributed by atoms with Crippen LogP contribution >= 0.6 is 0 Å². The SMILES string of the molecule is COC(=O)c1cccnc1NC(C)c1nncn1C. The third-order valence-corrected chi connectivity index (χ3v) is 2.70. The molecule has 0 amide bonds. The van der Waals surface area contributed by atoms with Gasteiger partial charge in [0.05, 0.1) is 13.2 Å². The molecule has 0 fully saturated rings. The molecule has 1 unspecified atom stereocenters. The summed E-state index contributed by atoms with van der Waals surface area (Å²) >= 11 is 0. The molecule has 0 saturated heterocycles. The first-order valence-corrected chi connectivity index (χ1v) is 5.77. The molecule has 0 radical (unpaired) electrons. The molecule has 0 aromatic carbocycles. The summed E-state index contributed by atoms with van der Waals surface area (Å²) in [4.78, 5) is 15.8. The minimum Gasteiger partial charge on any atom is -0.465 e. The summed E-state index contributed by atoms with van der Waals surface area (Å²) in [6.07, 6.45) is 3.23. The van der Waals surface area contributed by atoms with Crippen molar-refractivity contribution in [2.45, 2.75) is 13.0 Å². The van der Waals surface area contributed by atoms with Crippen LogP contribution in [0.15, 0.2) is 24.7 Å². The number of aromatic nitrogens is 4. The third kappa shape index (κ3) is 2.70. The number of anilines is 1. The number of rotatable bonds is 4. The van der Waals surface area contributed by atoms with Gasteiger partial charge in [-0.2, -0.15) is 0 Å².